The van der Waals surface area contributed by atoms with Crippen LogP contribution >= 0.6 is 15.9 Å². The first-order valence-electron chi connectivity index (χ1n) is 7.12. The van der Waals surface area contributed by atoms with E-state index in [1.807, 2.05) is 0 Å². The SMILES string of the molecule is CC1(C)Cc2ccccc2C1NCc1ccccc1Br. The summed E-state index contributed by atoms with van der Waals surface area (Å²) in [5.41, 5.74) is 4.53. The van der Waals surface area contributed by atoms with Crippen molar-refractivity contribution in [2.75, 3.05) is 0 Å². The fraction of sp³-hybridized carbons (Fsp3) is 0.333. The van der Waals surface area contributed by atoms with Crippen molar-refractivity contribution in [3.8, 4) is 0 Å². The van der Waals surface area contributed by atoms with Gasteiger partial charge in [-0.05, 0) is 34.6 Å². The summed E-state index contributed by atoms with van der Waals surface area (Å²) in [6.45, 7) is 5.60. The third kappa shape index (κ3) is 2.55. The fourth-order valence-electron chi connectivity index (χ4n) is 3.23. The van der Waals surface area contributed by atoms with Gasteiger partial charge in [0.1, 0.15) is 0 Å². The summed E-state index contributed by atoms with van der Waals surface area (Å²) in [4.78, 5) is 0. The number of nitrogens with one attached hydrogen (secondary N) is 1. The molecule has 1 unspecified atom stereocenters. The Kier molecular flexibility index (Phi) is 3.70. The molecule has 2 heteroatoms. The van der Waals surface area contributed by atoms with Crippen LogP contribution in [0.2, 0.25) is 0 Å². The summed E-state index contributed by atoms with van der Waals surface area (Å²) in [6.07, 6.45) is 1.15. The zero-order chi connectivity index (χ0) is 14.2. The molecule has 0 saturated heterocycles. The minimum absolute atomic E-state index is 0.269. The van der Waals surface area contributed by atoms with Gasteiger partial charge >= 0.3 is 0 Å². The van der Waals surface area contributed by atoms with Crippen LogP contribution in [-0.2, 0) is 13.0 Å². The number of hydrogen-bond acceptors (Lipinski definition) is 1. The van der Waals surface area contributed by atoms with E-state index in [4.69, 9.17) is 0 Å². The van der Waals surface area contributed by atoms with E-state index >= 15 is 0 Å². The largest absolute Gasteiger partial charge is 0.305 e. The molecule has 0 heterocycles. The maximum atomic E-state index is 3.76. The molecule has 104 valence electrons. The number of rotatable bonds is 3. The molecule has 1 nitrogen and oxygen atoms in total. The minimum Gasteiger partial charge on any atom is -0.305 e. The molecule has 20 heavy (non-hydrogen) atoms. The molecule has 0 bridgehead atoms. The first-order chi connectivity index (χ1) is 9.58. The third-order valence-corrected chi connectivity index (χ3v) is 5.02. The highest BCUT2D eigenvalue weighted by atomic mass is 79.9. The lowest BCUT2D eigenvalue weighted by Gasteiger charge is -2.29. The Morgan fingerprint density at radius 3 is 2.60 bits per heavy atom. The van der Waals surface area contributed by atoms with Gasteiger partial charge in [-0.1, -0.05) is 72.2 Å². The highest BCUT2D eigenvalue weighted by Crippen LogP contribution is 2.45. The highest BCUT2D eigenvalue weighted by molar-refractivity contribution is 9.10. The molecule has 1 aliphatic rings. The summed E-state index contributed by atoms with van der Waals surface area (Å²) < 4.78 is 1.18. The van der Waals surface area contributed by atoms with Gasteiger partial charge in [0.25, 0.3) is 0 Å². The van der Waals surface area contributed by atoms with Gasteiger partial charge in [0.15, 0.2) is 0 Å². The van der Waals surface area contributed by atoms with Gasteiger partial charge in [0.2, 0.25) is 0 Å². The van der Waals surface area contributed by atoms with Crippen LogP contribution in [0.5, 0.6) is 0 Å². The van der Waals surface area contributed by atoms with E-state index in [0.29, 0.717) is 6.04 Å². The topological polar surface area (TPSA) is 12.0 Å². The molecule has 0 radical (unpaired) electrons. The standard InChI is InChI=1S/C18H20BrN/c1-18(2)11-13-7-3-5-9-15(13)17(18)20-12-14-8-4-6-10-16(14)19/h3-10,17,20H,11-12H2,1-2H3. The molecule has 1 atom stereocenters. The van der Waals surface area contributed by atoms with E-state index in [0.717, 1.165) is 13.0 Å². The maximum Gasteiger partial charge on any atom is 0.0380 e. The first-order valence-corrected chi connectivity index (χ1v) is 7.92. The van der Waals surface area contributed by atoms with Crippen LogP contribution < -0.4 is 5.32 Å². The molecule has 1 aliphatic carbocycles. The molecule has 0 saturated carbocycles. The second-order valence-electron chi connectivity index (χ2n) is 6.27. The lowest BCUT2D eigenvalue weighted by Crippen LogP contribution is -2.30. The smallest absolute Gasteiger partial charge is 0.0380 e. The normalized spacial score (nSPS) is 19.9. The van der Waals surface area contributed by atoms with E-state index in [2.05, 4.69) is 83.6 Å². The maximum absolute atomic E-state index is 3.76. The van der Waals surface area contributed by atoms with Crippen molar-refractivity contribution in [2.45, 2.75) is 32.9 Å². The average molecular weight is 330 g/mol. The van der Waals surface area contributed by atoms with Gasteiger partial charge < -0.3 is 5.32 Å². The number of benzene rings is 2. The predicted molar refractivity (Wildman–Crippen MR) is 87.6 cm³/mol. The highest BCUT2D eigenvalue weighted by Gasteiger charge is 2.38. The summed E-state index contributed by atoms with van der Waals surface area (Å²) in [7, 11) is 0. The molecule has 0 aliphatic heterocycles. The molecule has 2 aromatic carbocycles. The molecule has 0 aromatic heterocycles. The van der Waals surface area contributed by atoms with Crippen molar-refractivity contribution in [3.05, 3.63) is 69.7 Å². The van der Waals surface area contributed by atoms with Crippen LogP contribution in [-0.4, -0.2) is 0 Å². The molecular formula is C18H20BrN. The van der Waals surface area contributed by atoms with Crippen molar-refractivity contribution in [1.82, 2.24) is 5.32 Å². The van der Waals surface area contributed by atoms with Crippen molar-refractivity contribution in [1.29, 1.82) is 0 Å². The third-order valence-electron chi connectivity index (χ3n) is 4.25. The quantitative estimate of drug-likeness (QED) is 0.847. The van der Waals surface area contributed by atoms with Crippen LogP contribution in [0.25, 0.3) is 0 Å². The molecule has 2 aromatic rings. The number of fused-ring (bicyclic) bond motifs is 1. The van der Waals surface area contributed by atoms with Crippen LogP contribution in [0, 0.1) is 5.41 Å². The van der Waals surface area contributed by atoms with Crippen LogP contribution in [0.4, 0.5) is 0 Å². The second kappa shape index (κ2) is 5.34. The van der Waals surface area contributed by atoms with Crippen molar-refractivity contribution < 1.29 is 0 Å². The monoisotopic (exact) mass is 329 g/mol. The van der Waals surface area contributed by atoms with Gasteiger partial charge in [-0.15, -0.1) is 0 Å². The van der Waals surface area contributed by atoms with Crippen LogP contribution in [0.3, 0.4) is 0 Å². The lowest BCUT2D eigenvalue weighted by atomic mass is 9.85. The van der Waals surface area contributed by atoms with Gasteiger partial charge in [-0.25, -0.2) is 0 Å². The van der Waals surface area contributed by atoms with E-state index in [1.165, 1.54) is 21.2 Å². The van der Waals surface area contributed by atoms with Gasteiger partial charge in [0.05, 0.1) is 0 Å². The average Bonchev–Trinajstić information content (AvgIpc) is 2.68. The summed E-state index contributed by atoms with van der Waals surface area (Å²) in [6, 6.07) is 17.7. The number of hydrogen-bond donors (Lipinski definition) is 1. The zero-order valence-electron chi connectivity index (χ0n) is 12.0. The van der Waals surface area contributed by atoms with Crippen LogP contribution in [0.15, 0.2) is 53.0 Å². The van der Waals surface area contributed by atoms with E-state index < -0.39 is 0 Å². The first kappa shape index (κ1) is 13.8. The summed E-state index contributed by atoms with van der Waals surface area (Å²) in [5, 5.41) is 3.76. The Morgan fingerprint density at radius 1 is 1.10 bits per heavy atom. The van der Waals surface area contributed by atoms with Crippen molar-refractivity contribution >= 4 is 15.9 Å². The number of halogens is 1. The minimum atomic E-state index is 0.269. The Labute approximate surface area is 129 Å². The lowest BCUT2D eigenvalue weighted by molar-refractivity contribution is 0.268. The molecule has 0 spiro atoms. The van der Waals surface area contributed by atoms with Crippen molar-refractivity contribution in [3.63, 3.8) is 0 Å². The molecule has 3 rings (SSSR count). The van der Waals surface area contributed by atoms with Gasteiger partial charge in [-0.3, -0.25) is 0 Å². The predicted octanol–water partition coefficient (Wildman–Crippen LogP) is 4.86. The van der Waals surface area contributed by atoms with Gasteiger partial charge in [0, 0.05) is 17.1 Å². The molecule has 0 fully saturated rings. The Balaban J connectivity index is 1.82. The fourth-order valence-corrected chi connectivity index (χ4v) is 3.66. The Hall–Kier alpha value is -1.12. The second-order valence-corrected chi connectivity index (χ2v) is 7.12. The summed E-state index contributed by atoms with van der Waals surface area (Å²) in [5.74, 6) is 0. The van der Waals surface area contributed by atoms with E-state index in [9.17, 15) is 0 Å². The Morgan fingerprint density at radius 2 is 1.80 bits per heavy atom. The van der Waals surface area contributed by atoms with E-state index in [1.54, 1.807) is 0 Å². The van der Waals surface area contributed by atoms with Gasteiger partial charge in [-0.2, -0.15) is 0 Å². The summed E-state index contributed by atoms with van der Waals surface area (Å²) >= 11 is 3.63. The molecular weight excluding hydrogens is 310 g/mol. The van der Waals surface area contributed by atoms with E-state index in [-0.39, 0.29) is 5.41 Å². The Bertz CT molecular complexity index is 618. The zero-order valence-corrected chi connectivity index (χ0v) is 13.6. The molecule has 1 N–H and O–H groups in total. The van der Waals surface area contributed by atoms with Crippen molar-refractivity contribution in [2.24, 2.45) is 5.41 Å². The van der Waals surface area contributed by atoms with Crippen LogP contribution in [0.1, 0.15) is 36.6 Å². The molecule has 0 amide bonds.